The van der Waals surface area contributed by atoms with Crippen molar-refractivity contribution >= 4 is 5.91 Å². The normalized spacial score (nSPS) is 17.4. The van der Waals surface area contributed by atoms with Crippen LogP contribution in [0.3, 0.4) is 0 Å². The molecule has 1 aromatic carbocycles. The molecular weight excluding hydrogens is 314 g/mol. The number of piperidine rings is 1. The van der Waals surface area contributed by atoms with Gasteiger partial charge in [0.05, 0.1) is 12.7 Å². The van der Waals surface area contributed by atoms with Crippen LogP contribution in [-0.2, 0) is 0 Å². The maximum atomic E-state index is 12.9. The largest absolute Gasteiger partial charge is 0.497 e. The van der Waals surface area contributed by atoms with Crippen LogP contribution in [0.1, 0.15) is 23.2 Å². The van der Waals surface area contributed by atoms with E-state index in [9.17, 15) is 4.79 Å². The van der Waals surface area contributed by atoms with Gasteiger partial charge in [0.1, 0.15) is 5.75 Å². The number of hydrogen-bond donors (Lipinski definition) is 1. The molecule has 0 unspecified atom stereocenters. The van der Waals surface area contributed by atoms with Gasteiger partial charge in [0, 0.05) is 31.0 Å². The van der Waals surface area contributed by atoms with Crippen LogP contribution >= 0.6 is 0 Å². The summed E-state index contributed by atoms with van der Waals surface area (Å²) in [5.74, 6) is 1.41. The molecule has 1 fully saturated rings. The van der Waals surface area contributed by atoms with E-state index < -0.39 is 0 Å². The molecule has 5 heteroatoms. The summed E-state index contributed by atoms with van der Waals surface area (Å²) < 4.78 is 5.19. The second-order valence-corrected chi connectivity index (χ2v) is 6.51. The van der Waals surface area contributed by atoms with Crippen molar-refractivity contribution in [3.05, 3.63) is 48.3 Å². The second kappa shape index (κ2) is 8.12. The lowest BCUT2D eigenvalue weighted by molar-refractivity contribution is 0.0674. The van der Waals surface area contributed by atoms with Gasteiger partial charge in [0.15, 0.2) is 0 Å². The first-order chi connectivity index (χ1) is 12.2. The Morgan fingerprint density at radius 2 is 2.08 bits per heavy atom. The number of amides is 1. The number of nitrogens with one attached hydrogen (secondary N) is 1. The SMILES string of the molecule is CNC[C@H]1CCCN(C(=O)c2cncc(-c3ccc(OC)cc3)c2)C1. The van der Waals surface area contributed by atoms with E-state index in [0.29, 0.717) is 11.5 Å². The van der Waals surface area contributed by atoms with Crippen molar-refractivity contribution in [1.29, 1.82) is 0 Å². The van der Waals surface area contributed by atoms with E-state index in [1.54, 1.807) is 19.5 Å². The summed E-state index contributed by atoms with van der Waals surface area (Å²) in [6, 6.07) is 9.72. The minimum Gasteiger partial charge on any atom is -0.497 e. The highest BCUT2D eigenvalue weighted by atomic mass is 16.5. The van der Waals surface area contributed by atoms with E-state index >= 15 is 0 Å². The van der Waals surface area contributed by atoms with Crippen molar-refractivity contribution in [2.24, 2.45) is 5.92 Å². The number of methoxy groups -OCH3 is 1. The molecule has 1 N–H and O–H groups in total. The summed E-state index contributed by atoms with van der Waals surface area (Å²) in [5, 5.41) is 3.22. The molecule has 0 radical (unpaired) electrons. The fraction of sp³-hybridized carbons (Fsp3) is 0.400. The molecule has 0 aliphatic carbocycles. The minimum atomic E-state index is 0.0728. The molecular formula is C20H25N3O2. The summed E-state index contributed by atoms with van der Waals surface area (Å²) in [4.78, 5) is 19.1. The van der Waals surface area contributed by atoms with Crippen LogP contribution in [0.2, 0.25) is 0 Å². The molecule has 1 aliphatic heterocycles. The van der Waals surface area contributed by atoms with Gasteiger partial charge in [-0.3, -0.25) is 9.78 Å². The summed E-state index contributed by atoms with van der Waals surface area (Å²) in [6.07, 6.45) is 5.69. The number of hydrogen-bond acceptors (Lipinski definition) is 4. The molecule has 0 bridgehead atoms. The van der Waals surface area contributed by atoms with Crippen molar-refractivity contribution in [3.63, 3.8) is 0 Å². The lowest BCUT2D eigenvalue weighted by Crippen LogP contribution is -2.42. The van der Waals surface area contributed by atoms with Crippen LogP contribution < -0.4 is 10.1 Å². The van der Waals surface area contributed by atoms with E-state index in [4.69, 9.17) is 4.74 Å². The van der Waals surface area contributed by atoms with Crippen LogP contribution in [0, 0.1) is 5.92 Å². The van der Waals surface area contributed by atoms with E-state index in [1.807, 2.05) is 42.3 Å². The Bertz CT molecular complexity index is 713. The molecule has 1 saturated heterocycles. The molecule has 5 nitrogen and oxygen atoms in total. The zero-order valence-corrected chi connectivity index (χ0v) is 14.9. The first-order valence-electron chi connectivity index (χ1n) is 8.74. The minimum absolute atomic E-state index is 0.0728. The zero-order chi connectivity index (χ0) is 17.6. The molecule has 2 heterocycles. The maximum absolute atomic E-state index is 12.9. The molecule has 1 aliphatic rings. The summed E-state index contributed by atoms with van der Waals surface area (Å²) in [7, 11) is 3.61. The third-order valence-electron chi connectivity index (χ3n) is 4.71. The summed E-state index contributed by atoms with van der Waals surface area (Å²) >= 11 is 0. The molecule has 1 amide bonds. The van der Waals surface area contributed by atoms with Gasteiger partial charge >= 0.3 is 0 Å². The van der Waals surface area contributed by atoms with Crippen LogP contribution in [0.4, 0.5) is 0 Å². The molecule has 0 spiro atoms. The van der Waals surface area contributed by atoms with Crippen molar-refractivity contribution in [3.8, 4) is 16.9 Å². The van der Waals surface area contributed by atoms with E-state index in [0.717, 1.165) is 42.9 Å². The zero-order valence-electron chi connectivity index (χ0n) is 14.9. The Kier molecular flexibility index (Phi) is 5.66. The average Bonchev–Trinajstić information content (AvgIpc) is 2.68. The highest BCUT2D eigenvalue weighted by molar-refractivity contribution is 5.95. The third kappa shape index (κ3) is 4.17. The van der Waals surface area contributed by atoms with Crippen LogP contribution in [-0.4, -0.2) is 49.6 Å². The fourth-order valence-corrected chi connectivity index (χ4v) is 3.39. The van der Waals surface area contributed by atoms with Gasteiger partial charge in [0.2, 0.25) is 0 Å². The number of pyridine rings is 1. The van der Waals surface area contributed by atoms with Gasteiger partial charge in [-0.25, -0.2) is 0 Å². The predicted octanol–water partition coefficient (Wildman–Crippen LogP) is 2.83. The smallest absolute Gasteiger partial charge is 0.255 e. The molecule has 0 saturated carbocycles. The first kappa shape index (κ1) is 17.4. The molecule has 2 aromatic rings. The van der Waals surface area contributed by atoms with Crippen LogP contribution in [0.25, 0.3) is 11.1 Å². The quantitative estimate of drug-likeness (QED) is 0.910. The number of carbonyl (C=O) groups is 1. The highest BCUT2D eigenvalue weighted by Crippen LogP contribution is 2.24. The van der Waals surface area contributed by atoms with E-state index in [2.05, 4.69) is 10.3 Å². The number of rotatable bonds is 5. The Morgan fingerprint density at radius 3 is 2.80 bits per heavy atom. The number of likely N-dealkylation sites (tertiary alicyclic amines) is 1. The molecule has 132 valence electrons. The Morgan fingerprint density at radius 1 is 1.28 bits per heavy atom. The Hall–Kier alpha value is -2.40. The Labute approximate surface area is 149 Å². The van der Waals surface area contributed by atoms with Gasteiger partial charge in [0.25, 0.3) is 5.91 Å². The van der Waals surface area contributed by atoms with Crippen molar-refractivity contribution in [1.82, 2.24) is 15.2 Å². The standard InChI is InChI=1S/C20H25N3O2/c1-21-11-15-4-3-9-23(14-15)20(24)18-10-17(12-22-13-18)16-5-7-19(25-2)8-6-16/h5-8,10,12-13,15,21H,3-4,9,11,14H2,1-2H3/t15-/m1/s1. The predicted molar refractivity (Wildman–Crippen MR) is 98.8 cm³/mol. The molecule has 3 rings (SSSR count). The van der Waals surface area contributed by atoms with Gasteiger partial charge in [-0.05, 0) is 56.1 Å². The van der Waals surface area contributed by atoms with Gasteiger partial charge in [-0.15, -0.1) is 0 Å². The topological polar surface area (TPSA) is 54.5 Å². The lowest BCUT2D eigenvalue weighted by Gasteiger charge is -2.32. The summed E-state index contributed by atoms with van der Waals surface area (Å²) in [5.41, 5.74) is 2.62. The van der Waals surface area contributed by atoms with Crippen molar-refractivity contribution in [2.75, 3.05) is 33.8 Å². The highest BCUT2D eigenvalue weighted by Gasteiger charge is 2.24. The Balaban J connectivity index is 1.77. The fourth-order valence-electron chi connectivity index (χ4n) is 3.39. The van der Waals surface area contributed by atoms with Crippen LogP contribution in [0.15, 0.2) is 42.7 Å². The van der Waals surface area contributed by atoms with E-state index in [1.165, 1.54) is 6.42 Å². The summed E-state index contributed by atoms with van der Waals surface area (Å²) in [6.45, 7) is 2.59. The third-order valence-corrected chi connectivity index (χ3v) is 4.71. The first-order valence-corrected chi connectivity index (χ1v) is 8.74. The second-order valence-electron chi connectivity index (χ2n) is 6.51. The number of ether oxygens (including phenoxy) is 1. The number of nitrogens with zero attached hydrogens (tertiary/aromatic N) is 2. The molecule has 25 heavy (non-hydrogen) atoms. The van der Waals surface area contributed by atoms with Gasteiger partial charge in [-0.1, -0.05) is 12.1 Å². The number of carbonyl (C=O) groups excluding carboxylic acids is 1. The van der Waals surface area contributed by atoms with Crippen molar-refractivity contribution < 1.29 is 9.53 Å². The van der Waals surface area contributed by atoms with Gasteiger partial charge < -0.3 is 15.0 Å². The molecule has 1 aromatic heterocycles. The van der Waals surface area contributed by atoms with Crippen LogP contribution in [0.5, 0.6) is 5.75 Å². The molecule has 1 atom stereocenters. The maximum Gasteiger partial charge on any atom is 0.255 e. The van der Waals surface area contributed by atoms with E-state index in [-0.39, 0.29) is 5.91 Å². The van der Waals surface area contributed by atoms with Crippen molar-refractivity contribution in [2.45, 2.75) is 12.8 Å². The van der Waals surface area contributed by atoms with Gasteiger partial charge in [-0.2, -0.15) is 0 Å². The monoisotopic (exact) mass is 339 g/mol. The average molecular weight is 339 g/mol. The number of aromatic nitrogens is 1. The number of benzene rings is 1. The lowest BCUT2D eigenvalue weighted by atomic mass is 9.97.